The van der Waals surface area contributed by atoms with Gasteiger partial charge in [-0.25, -0.2) is 9.59 Å². The average molecular weight is 479 g/mol. The number of carboxylic acid groups (broad SMARTS) is 1. The fourth-order valence-electron chi connectivity index (χ4n) is 5.63. The minimum Gasteiger partial charge on any atom is -0.479 e. The Hall–Kier alpha value is -3.35. The van der Waals surface area contributed by atoms with E-state index in [1.54, 1.807) is 4.90 Å². The van der Waals surface area contributed by atoms with Crippen molar-refractivity contribution in [2.75, 3.05) is 13.2 Å². The molecule has 0 bridgehead atoms. The van der Waals surface area contributed by atoms with Crippen LogP contribution >= 0.6 is 0 Å². The number of carboxylic acids is 1. The van der Waals surface area contributed by atoms with E-state index in [2.05, 4.69) is 29.6 Å². The molecule has 186 valence electrons. The van der Waals surface area contributed by atoms with Crippen LogP contribution in [0, 0.1) is 0 Å². The first-order valence-electron chi connectivity index (χ1n) is 12.5. The topological polar surface area (TPSA) is 95.9 Å². The Labute approximate surface area is 206 Å². The van der Waals surface area contributed by atoms with Gasteiger partial charge >= 0.3 is 12.1 Å². The van der Waals surface area contributed by atoms with E-state index in [-0.39, 0.29) is 30.9 Å². The largest absolute Gasteiger partial charge is 0.479 e. The maximum Gasteiger partial charge on any atom is 0.407 e. The van der Waals surface area contributed by atoms with E-state index < -0.39 is 17.6 Å². The van der Waals surface area contributed by atoms with Crippen LogP contribution in [0.5, 0.6) is 0 Å². The van der Waals surface area contributed by atoms with Gasteiger partial charge in [0, 0.05) is 24.9 Å². The summed E-state index contributed by atoms with van der Waals surface area (Å²) in [6.07, 6.45) is 2.45. The van der Waals surface area contributed by atoms with Crippen molar-refractivity contribution in [3.05, 3.63) is 59.7 Å². The van der Waals surface area contributed by atoms with E-state index in [4.69, 9.17) is 4.74 Å². The van der Waals surface area contributed by atoms with Crippen LogP contribution in [0.15, 0.2) is 48.5 Å². The van der Waals surface area contributed by atoms with Gasteiger partial charge in [0.05, 0.1) is 0 Å². The molecule has 1 aliphatic heterocycles. The number of likely N-dealkylation sites (tertiary alicyclic amines) is 1. The van der Waals surface area contributed by atoms with Gasteiger partial charge in [-0.05, 0) is 54.9 Å². The summed E-state index contributed by atoms with van der Waals surface area (Å²) in [5, 5.41) is 12.6. The number of amides is 2. The highest BCUT2D eigenvalue weighted by Crippen LogP contribution is 2.44. The van der Waals surface area contributed by atoms with Gasteiger partial charge in [-0.1, -0.05) is 61.9 Å². The van der Waals surface area contributed by atoms with Crippen molar-refractivity contribution in [1.29, 1.82) is 0 Å². The Morgan fingerprint density at radius 1 is 1.11 bits per heavy atom. The number of carbonyl (C=O) groups excluding carboxylic acids is 2. The predicted octanol–water partition coefficient (Wildman–Crippen LogP) is 4.94. The number of nitrogens with one attached hydrogen (secondary N) is 1. The highest BCUT2D eigenvalue weighted by atomic mass is 16.5. The zero-order valence-electron chi connectivity index (χ0n) is 20.5. The molecule has 2 aromatic carbocycles. The van der Waals surface area contributed by atoms with Crippen LogP contribution in [0.1, 0.15) is 69.4 Å². The molecular formula is C28H34N2O5. The van der Waals surface area contributed by atoms with Gasteiger partial charge in [-0.3, -0.25) is 4.79 Å². The predicted molar refractivity (Wildman–Crippen MR) is 133 cm³/mol. The molecule has 0 spiro atoms. The van der Waals surface area contributed by atoms with E-state index in [9.17, 15) is 19.5 Å². The summed E-state index contributed by atoms with van der Waals surface area (Å²) in [5.41, 5.74) is 3.56. The van der Waals surface area contributed by atoms with Gasteiger partial charge in [0.15, 0.2) is 0 Å². The van der Waals surface area contributed by atoms with Crippen molar-refractivity contribution < 1.29 is 24.2 Å². The highest BCUT2D eigenvalue weighted by molar-refractivity contribution is 5.88. The first kappa shape index (κ1) is 24.8. The van der Waals surface area contributed by atoms with Crippen molar-refractivity contribution in [3.63, 3.8) is 0 Å². The van der Waals surface area contributed by atoms with Crippen LogP contribution in [0.2, 0.25) is 0 Å². The lowest BCUT2D eigenvalue weighted by molar-refractivity contribution is -0.157. The second-order valence-electron chi connectivity index (χ2n) is 9.65. The minimum absolute atomic E-state index is 0.0112. The fourth-order valence-corrected chi connectivity index (χ4v) is 5.63. The SMILES string of the molecule is CCCC1(C(=O)O)CCCN1C(=O)CCC(C)NC(=O)OCC1c2ccccc2-c2ccccc21. The number of hydrogen-bond acceptors (Lipinski definition) is 4. The molecule has 1 saturated heterocycles. The molecule has 4 rings (SSSR count). The molecule has 1 aliphatic carbocycles. The highest BCUT2D eigenvalue weighted by Gasteiger charge is 2.48. The Morgan fingerprint density at radius 3 is 2.34 bits per heavy atom. The smallest absolute Gasteiger partial charge is 0.407 e. The number of ether oxygens (including phenoxy) is 1. The summed E-state index contributed by atoms with van der Waals surface area (Å²) in [6, 6.07) is 16.1. The summed E-state index contributed by atoms with van der Waals surface area (Å²) in [5.74, 6) is -1.10. The van der Waals surface area contributed by atoms with Gasteiger partial charge < -0.3 is 20.1 Å². The van der Waals surface area contributed by atoms with Crippen LogP contribution in [0.3, 0.4) is 0 Å². The third kappa shape index (κ3) is 4.90. The summed E-state index contributed by atoms with van der Waals surface area (Å²) in [7, 11) is 0. The maximum atomic E-state index is 12.9. The molecule has 2 atom stereocenters. The van der Waals surface area contributed by atoms with Crippen molar-refractivity contribution in [1.82, 2.24) is 10.2 Å². The van der Waals surface area contributed by atoms with Crippen molar-refractivity contribution >= 4 is 18.0 Å². The van der Waals surface area contributed by atoms with Gasteiger partial charge in [-0.2, -0.15) is 0 Å². The summed E-state index contributed by atoms with van der Waals surface area (Å²) < 4.78 is 5.59. The molecule has 35 heavy (non-hydrogen) atoms. The molecule has 0 radical (unpaired) electrons. The van der Waals surface area contributed by atoms with Crippen molar-refractivity contribution in [2.24, 2.45) is 0 Å². The fraction of sp³-hybridized carbons (Fsp3) is 0.464. The molecule has 2 amide bonds. The van der Waals surface area contributed by atoms with Crippen LogP contribution in [0.4, 0.5) is 4.79 Å². The Kier molecular flexibility index (Phi) is 7.43. The molecular weight excluding hydrogens is 444 g/mol. The number of carbonyl (C=O) groups is 3. The molecule has 7 nitrogen and oxygen atoms in total. The normalized spacial score (nSPS) is 19.7. The molecule has 2 aromatic rings. The minimum atomic E-state index is -1.09. The number of nitrogens with zero attached hydrogens (tertiary/aromatic N) is 1. The van der Waals surface area contributed by atoms with E-state index >= 15 is 0 Å². The van der Waals surface area contributed by atoms with E-state index in [0.717, 1.165) is 11.1 Å². The summed E-state index contributed by atoms with van der Waals surface area (Å²) in [6.45, 7) is 4.47. The number of fused-ring (bicyclic) bond motifs is 3. The number of rotatable bonds is 9. The lowest BCUT2D eigenvalue weighted by atomic mass is 9.90. The lowest BCUT2D eigenvalue weighted by Gasteiger charge is -2.35. The van der Waals surface area contributed by atoms with Gasteiger partial charge in [0.1, 0.15) is 12.1 Å². The number of hydrogen-bond donors (Lipinski definition) is 2. The summed E-state index contributed by atoms with van der Waals surface area (Å²) >= 11 is 0. The monoisotopic (exact) mass is 478 g/mol. The zero-order valence-corrected chi connectivity index (χ0v) is 20.5. The molecule has 0 saturated carbocycles. The van der Waals surface area contributed by atoms with Crippen LogP contribution in [-0.4, -0.2) is 52.7 Å². The Bertz CT molecular complexity index is 1050. The van der Waals surface area contributed by atoms with Gasteiger partial charge in [0.2, 0.25) is 5.91 Å². The van der Waals surface area contributed by atoms with Gasteiger partial charge in [0.25, 0.3) is 0 Å². The Balaban J connectivity index is 1.29. The molecule has 0 aromatic heterocycles. The molecule has 2 aliphatic rings. The van der Waals surface area contributed by atoms with Crippen LogP contribution in [0.25, 0.3) is 11.1 Å². The second-order valence-corrected chi connectivity index (χ2v) is 9.65. The molecule has 2 N–H and O–H groups in total. The molecule has 7 heteroatoms. The quantitative estimate of drug-likeness (QED) is 0.532. The van der Waals surface area contributed by atoms with E-state index in [1.807, 2.05) is 38.1 Å². The third-order valence-electron chi connectivity index (χ3n) is 7.35. The molecule has 1 fully saturated rings. The average Bonchev–Trinajstić information content (AvgIpc) is 3.42. The van der Waals surface area contributed by atoms with Crippen molar-refractivity contribution in [2.45, 2.75) is 69.9 Å². The first-order valence-corrected chi connectivity index (χ1v) is 12.5. The van der Waals surface area contributed by atoms with Crippen molar-refractivity contribution in [3.8, 4) is 11.1 Å². The maximum absolute atomic E-state index is 12.9. The van der Waals surface area contributed by atoms with Crippen LogP contribution < -0.4 is 5.32 Å². The second kappa shape index (κ2) is 10.5. The van der Waals surface area contributed by atoms with E-state index in [1.165, 1.54) is 11.1 Å². The third-order valence-corrected chi connectivity index (χ3v) is 7.35. The van der Waals surface area contributed by atoms with E-state index in [0.29, 0.717) is 38.6 Å². The number of benzene rings is 2. The standard InChI is InChI=1S/C28H34N2O5/c1-3-15-28(26(32)33)16-8-17-30(28)25(31)14-13-19(2)29-27(34)35-18-24-22-11-6-4-9-20(22)21-10-5-7-12-23(21)24/h4-7,9-12,19,24H,3,8,13-18H2,1-2H3,(H,29,34)(H,32,33). The number of aliphatic carboxylic acids is 1. The lowest BCUT2D eigenvalue weighted by Crippen LogP contribution is -2.53. The first-order chi connectivity index (χ1) is 16.9. The molecule has 1 heterocycles. The van der Waals surface area contributed by atoms with Crippen LogP contribution in [-0.2, 0) is 14.3 Å². The number of alkyl carbamates (subject to hydrolysis) is 1. The zero-order chi connectivity index (χ0) is 25.0. The summed E-state index contributed by atoms with van der Waals surface area (Å²) in [4.78, 5) is 38.9. The molecule has 2 unspecified atom stereocenters. The van der Waals surface area contributed by atoms with Gasteiger partial charge in [-0.15, -0.1) is 0 Å². The Morgan fingerprint density at radius 2 is 1.74 bits per heavy atom.